The number of sulfonamides is 1. The lowest BCUT2D eigenvalue weighted by molar-refractivity contribution is 0.0951. The first kappa shape index (κ1) is 24.3. The second kappa shape index (κ2) is 10.5. The molecule has 0 saturated carbocycles. The van der Waals surface area contributed by atoms with Crippen LogP contribution in [0.25, 0.3) is 0 Å². The standard InChI is InChI=1S/C26H30N2O4S/c1-5-32-24-11-7-10-22(16-24)17-27-26(29)23-14-12-21(13-15-23)18-28(33(4,30)31)25-19(2)8-6-9-20(25)3/h6-16H,5,17-18H2,1-4H3,(H,27,29). The summed E-state index contributed by atoms with van der Waals surface area (Å²) in [5.74, 6) is 0.575. The first-order valence-electron chi connectivity index (χ1n) is 10.8. The zero-order valence-electron chi connectivity index (χ0n) is 19.5. The Bertz CT molecular complexity index is 1200. The molecule has 0 aliphatic carbocycles. The van der Waals surface area contributed by atoms with Crippen molar-refractivity contribution >= 4 is 21.6 Å². The van der Waals surface area contributed by atoms with Gasteiger partial charge in [0, 0.05) is 12.1 Å². The van der Waals surface area contributed by atoms with Crippen LogP contribution in [0.5, 0.6) is 5.75 Å². The van der Waals surface area contributed by atoms with Gasteiger partial charge in [-0.15, -0.1) is 0 Å². The number of nitrogens with zero attached hydrogens (tertiary/aromatic N) is 1. The number of anilines is 1. The normalized spacial score (nSPS) is 11.2. The number of carbonyl (C=O) groups is 1. The van der Waals surface area contributed by atoms with Gasteiger partial charge in [0.2, 0.25) is 10.0 Å². The number of hydrogen-bond acceptors (Lipinski definition) is 4. The zero-order valence-corrected chi connectivity index (χ0v) is 20.3. The second-order valence-electron chi connectivity index (χ2n) is 7.97. The number of aryl methyl sites for hydroxylation is 2. The van der Waals surface area contributed by atoms with Gasteiger partial charge < -0.3 is 10.1 Å². The topological polar surface area (TPSA) is 75.7 Å². The van der Waals surface area contributed by atoms with Gasteiger partial charge in [-0.2, -0.15) is 0 Å². The highest BCUT2D eigenvalue weighted by atomic mass is 32.2. The molecule has 0 heterocycles. The molecule has 0 aliphatic rings. The van der Waals surface area contributed by atoms with Crippen molar-refractivity contribution in [3.05, 3.63) is 94.5 Å². The van der Waals surface area contributed by atoms with Crippen LogP contribution in [0, 0.1) is 13.8 Å². The molecule has 0 spiro atoms. The van der Waals surface area contributed by atoms with Crippen molar-refractivity contribution < 1.29 is 17.9 Å². The van der Waals surface area contributed by atoms with Crippen LogP contribution in [0.3, 0.4) is 0 Å². The van der Waals surface area contributed by atoms with E-state index in [4.69, 9.17) is 4.74 Å². The van der Waals surface area contributed by atoms with E-state index in [2.05, 4.69) is 5.32 Å². The minimum Gasteiger partial charge on any atom is -0.494 e. The van der Waals surface area contributed by atoms with E-state index in [1.54, 1.807) is 24.3 Å². The van der Waals surface area contributed by atoms with Gasteiger partial charge in [-0.1, -0.05) is 42.5 Å². The van der Waals surface area contributed by atoms with E-state index in [0.29, 0.717) is 24.4 Å². The van der Waals surface area contributed by atoms with Crippen molar-refractivity contribution in [2.45, 2.75) is 33.9 Å². The maximum atomic E-state index is 12.6. The fourth-order valence-electron chi connectivity index (χ4n) is 3.68. The van der Waals surface area contributed by atoms with Crippen LogP contribution >= 0.6 is 0 Å². The molecule has 1 N–H and O–H groups in total. The number of para-hydroxylation sites is 1. The third-order valence-electron chi connectivity index (χ3n) is 5.29. The van der Waals surface area contributed by atoms with E-state index < -0.39 is 10.0 Å². The molecule has 6 nitrogen and oxygen atoms in total. The highest BCUT2D eigenvalue weighted by Crippen LogP contribution is 2.28. The Morgan fingerprint density at radius 1 is 0.939 bits per heavy atom. The van der Waals surface area contributed by atoms with Crippen LogP contribution in [0.15, 0.2) is 66.7 Å². The molecular formula is C26H30N2O4S. The van der Waals surface area contributed by atoms with Crippen molar-refractivity contribution in [1.29, 1.82) is 0 Å². The second-order valence-corrected chi connectivity index (χ2v) is 9.88. The Morgan fingerprint density at radius 2 is 1.58 bits per heavy atom. The van der Waals surface area contributed by atoms with E-state index in [9.17, 15) is 13.2 Å². The highest BCUT2D eigenvalue weighted by molar-refractivity contribution is 7.92. The van der Waals surface area contributed by atoms with Crippen LogP contribution in [0.1, 0.15) is 39.5 Å². The molecule has 174 valence electrons. The molecule has 3 aromatic carbocycles. The van der Waals surface area contributed by atoms with Gasteiger partial charge in [0.15, 0.2) is 0 Å². The summed E-state index contributed by atoms with van der Waals surface area (Å²) in [5.41, 5.74) is 4.73. The number of ether oxygens (including phenoxy) is 1. The first-order chi connectivity index (χ1) is 15.7. The Morgan fingerprint density at radius 3 is 2.18 bits per heavy atom. The van der Waals surface area contributed by atoms with E-state index in [0.717, 1.165) is 28.0 Å². The average Bonchev–Trinajstić information content (AvgIpc) is 2.77. The summed E-state index contributed by atoms with van der Waals surface area (Å²) >= 11 is 0. The van der Waals surface area contributed by atoms with Gasteiger partial charge in [0.25, 0.3) is 5.91 Å². The first-order valence-corrected chi connectivity index (χ1v) is 12.7. The molecule has 0 saturated heterocycles. The minimum absolute atomic E-state index is 0.191. The van der Waals surface area contributed by atoms with Crippen molar-refractivity contribution in [2.24, 2.45) is 0 Å². The van der Waals surface area contributed by atoms with Gasteiger partial charge >= 0.3 is 0 Å². The predicted molar refractivity (Wildman–Crippen MR) is 132 cm³/mol. The maximum Gasteiger partial charge on any atom is 0.251 e. The van der Waals surface area contributed by atoms with Crippen molar-refractivity contribution in [3.8, 4) is 5.75 Å². The molecule has 7 heteroatoms. The number of amides is 1. The third-order valence-corrected chi connectivity index (χ3v) is 6.41. The lowest BCUT2D eigenvalue weighted by Crippen LogP contribution is -2.30. The SMILES string of the molecule is CCOc1cccc(CNC(=O)c2ccc(CN(c3c(C)cccc3C)S(C)(=O)=O)cc2)c1. The van der Waals surface area contributed by atoms with E-state index in [-0.39, 0.29) is 12.5 Å². The lowest BCUT2D eigenvalue weighted by Gasteiger charge is -2.26. The average molecular weight is 467 g/mol. The number of nitrogens with one attached hydrogen (secondary N) is 1. The number of hydrogen-bond donors (Lipinski definition) is 1. The van der Waals surface area contributed by atoms with Crippen LogP contribution in [0.2, 0.25) is 0 Å². The highest BCUT2D eigenvalue weighted by Gasteiger charge is 2.21. The van der Waals surface area contributed by atoms with E-state index >= 15 is 0 Å². The van der Waals surface area contributed by atoms with Crippen LogP contribution in [-0.4, -0.2) is 27.2 Å². The van der Waals surface area contributed by atoms with Gasteiger partial charge in [0.05, 0.1) is 25.1 Å². The van der Waals surface area contributed by atoms with Gasteiger partial charge in [0.1, 0.15) is 5.75 Å². The number of benzene rings is 3. The van der Waals surface area contributed by atoms with Crippen LogP contribution < -0.4 is 14.4 Å². The van der Waals surface area contributed by atoms with Crippen molar-refractivity contribution in [3.63, 3.8) is 0 Å². The van der Waals surface area contributed by atoms with Gasteiger partial charge in [-0.3, -0.25) is 9.10 Å². The summed E-state index contributed by atoms with van der Waals surface area (Å²) in [6.07, 6.45) is 1.21. The quantitative estimate of drug-likeness (QED) is 0.500. The molecule has 0 bridgehead atoms. The summed E-state index contributed by atoms with van der Waals surface area (Å²) in [7, 11) is -3.49. The van der Waals surface area contributed by atoms with Gasteiger partial charge in [-0.25, -0.2) is 8.42 Å². The molecule has 33 heavy (non-hydrogen) atoms. The van der Waals surface area contributed by atoms with Crippen molar-refractivity contribution in [2.75, 3.05) is 17.2 Å². The molecular weight excluding hydrogens is 436 g/mol. The Kier molecular flexibility index (Phi) is 7.76. The molecule has 0 aliphatic heterocycles. The summed E-state index contributed by atoms with van der Waals surface area (Å²) in [4.78, 5) is 12.6. The number of carbonyl (C=O) groups excluding carboxylic acids is 1. The minimum atomic E-state index is -3.49. The fourth-order valence-corrected chi connectivity index (χ4v) is 4.69. The Balaban J connectivity index is 1.71. The van der Waals surface area contributed by atoms with E-state index in [1.807, 2.05) is 63.2 Å². The predicted octanol–water partition coefficient (Wildman–Crippen LogP) is 4.60. The zero-order chi connectivity index (χ0) is 24.0. The molecule has 0 unspecified atom stereocenters. The Labute approximate surface area is 196 Å². The summed E-state index contributed by atoms with van der Waals surface area (Å²) in [6, 6.07) is 20.3. The molecule has 0 atom stereocenters. The molecule has 1 amide bonds. The van der Waals surface area contributed by atoms with Crippen molar-refractivity contribution in [1.82, 2.24) is 5.32 Å². The monoisotopic (exact) mass is 466 g/mol. The largest absolute Gasteiger partial charge is 0.494 e. The lowest BCUT2D eigenvalue weighted by atomic mass is 10.1. The summed E-state index contributed by atoms with van der Waals surface area (Å²) in [5, 5.41) is 2.91. The molecule has 3 rings (SSSR count). The van der Waals surface area contributed by atoms with Crippen LogP contribution in [-0.2, 0) is 23.1 Å². The molecule has 3 aromatic rings. The summed E-state index contributed by atoms with van der Waals surface area (Å²) < 4.78 is 32.0. The number of rotatable bonds is 9. The summed E-state index contributed by atoms with van der Waals surface area (Å²) in [6.45, 7) is 6.89. The van der Waals surface area contributed by atoms with E-state index in [1.165, 1.54) is 10.6 Å². The smallest absolute Gasteiger partial charge is 0.251 e. The third kappa shape index (κ3) is 6.35. The van der Waals surface area contributed by atoms with Gasteiger partial charge in [-0.05, 0) is 67.3 Å². The fraction of sp³-hybridized carbons (Fsp3) is 0.269. The molecule has 0 fully saturated rings. The Hall–Kier alpha value is -3.32. The molecule has 0 aromatic heterocycles. The maximum absolute atomic E-state index is 12.6. The molecule has 0 radical (unpaired) electrons. The van der Waals surface area contributed by atoms with Crippen LogP contribution in [0.4, 0.5) is 5.69 Å².